The summed E-state index contributed by atoms with van der Waals surface area (Å²) in [6, 6.07) is 1.80. The molecule has 0 heterocycles. The van der Waals surface area contributed by atoms with Crippen LogP contribution in [0.2, 0.25) is 0 Å². The van der Waals surface area contributed by atoms with E-state index in [1.165, 1.54) is 7.11 Å². The smallest absolute Gasteiger partial charge is 0.383 e. The van der Waals surface area contributed by atoms with Gasteiger partial charge in [0, 0.05) is 18.0 Å². The first kappa shape index (κ1) is 17.9. The minimum atomic E-state index is -4.85. The molecule has 0 aliphatic carbocycles. The van der Waals surface area contributed by atoms with Gasteiger partial charge in [0.25, 0.3) is 5.91 Å². The Morgan fingerprint density at radius 3 is 2.62 bits per heavy atom. The Bertz CT molecular complexity index is 488. The van der Waals surface area contributed by atoms with Gasteiger partial charge in [-0.15, -0.1) is 0 Å². The summed E-state index contributed by atoms with van der Waals surface area (Å²) in [6.07, 6.45) is -4.30. The van der Waals surface area contributed by atoms with E-state index >= 15 is 0 Å². The van der Waals surface area contributed by atoms with Gasteiger partial charge in [0.15, 0.2) is 0 Å². The van der Waals surface area contributed by atoms with Crippen LogP contribution >= 0.6 is 15.9 Å². The lowest BCUT2D eigenvalue weighted by Gasteiger charge is -2.17. The molecule has 21 heavy (non-hydrogen) atoms. The molecule has 1 atom stereocenters. The molecule has 1 unspecified atom stereocenters. The fourth-order valence-corrected chi connectivity index (χ4v) is 2.24. The second kappa shape index (κ2) is 7.74. The van der Waals surface area contributed by atoms with Crippen molar-refractivity contribution in [2.75, 3.05) is 19.0 Å². The molecule has 3 nitrogen and oxygen atoms in total. The minimum Gasteiger partial charge on any atom is -0.383 e. The number of alkyl halides is 4. The third-order valence-electron chi connectivity index (χ3n) is 2.69. The van der Waals surface area contributed by atoms with Gasteiger partial charge in [0.2, 0.25) is 0 Å². The van der Waals surface area contributed by atoms with Crippen LogP contribution in [0.25, 0.3) is 0 Å². The molecule has 118 valence electrons. The first-order valence-electron chi connectivity index (χ1n) is 6.02. The van der Waals surface area contributed by atoms with E-state index in [9.17, 15) is 22.4 Å². The summed E-state index contributed by atoms with van der Waals surface area (Å²) in [4.78, 5) is 11.9. The zero-order valence-corrected chi connectivity index (χ0v) is 12.7. The predicted octanol–water partition coefficient (Wildman–Crippen LogP) is 3.37. The minimum absolute atomic E-state index is 0.227. The molecule has 1 aromatic rings. The van der Waals surface area contributed by atoms with Gasteiger partial charge in [-0.05, 0) is 24.6 Å². The van der Waals surface area contributed by atoms with Crippen molar-refractivity contribution >= 4 is 21.8 Å². The number of rotatable bonds is 6. The van der Waals surface area contributed by atoms with E-state index in [1.807, 2.05) is 0 Å². The van der Waals surface area contributed by atoms with Gasteiger partial charge in [-0.25, -0.2) is 4.39 Å². The molecule has 1 amide bonds. The second-order valence-electron chi connectivity index (χ2n) is 4.30. The molecule has 1 rings (SSSR count). The highest BCUT2D eigenvalue weighted by atomic mass is 79.9. The van der Waals surface area contributed by atoms with Crippen LogP contribution in [0, 0.1) is 5.82 Å². The van der Waals surface area contributed by atoms with Gasteiger partial charge in [0.05, 0.1) is 18.2 Å². The van der Waals surface area contributed by atoms with E-state index in [0.717, 1.165) is 6.07 Å². The van der Waals surface area contributed by atoms with Gasteiger partial charge in [-0.1, -0.05) is 15.9 Å². The molecule has 0 aliphatic rings. The molecule has 0 radical (unpaired) electrons. The molecule has 0 aromatic heterocycles. The number of hydrogen-bond donors (Lipinski definition) is 1. The van der Waals surface area contributed by atoms with Crippen LogP contribution in [0.1, 0.15) is 22.3 Å². The Labute approximate surface area is 127 Å². The summed E-state index contributed by atoms with van der Waals surface area (Å²) < 4.78 is 55.9. The monoisotopic (exact) mass is 371 g/mol. The number of hydrogen-bond acceptors (Lipinski definition) is 2. The molecule has 1 aromatic carbocycles. The number of nitrogens with one attached hydrogen (secondary N) is 1. The molecule has 8 heteroatoms. The standard InChI is InChI=1S/C13H14BrF4NO2/c1-21-7-9(4-5-14)19-12(20)8-2-3-11(15)10(6-8)13(16,17)18/h2-3,6,9H,4-5,7H2,1H3,(H,19,20). The van der Waals surface area contributed by atoms with Crippen molar-refractivity contribution in [1.82, 2.24) is 5.32 Å². The van der Waals surface area contributed by atoms with Crippen LogP contribution in [0.5, 0.6) is 0 Å². The van der Waals surface area contributed by atoms with E-state index in [4.69, 9.17) is 4.74 Å². The average Bonchev–Trinajstić information content (AvgIpc) is 2.38. The number of halogens is 5. The maximum atomic E-state index is 13.2. The number of carbonyl (C=O) groups excluding carboxylic acids is 1. The van der Waals surface area contributed by atoms with Crippen molar-refractivity contribution in [2.45, 2.75) is 18.6 Å². The average molecular weight is 372 g/mol. The fraction of sp³-hybridized carbons (Fsp3) is 0.462. The number of ether oxygens (including phenoxy) is 1. The molecule has 1 N–H and O–H groups in total. The number of methoxy groups -OCH3 is 1. The third kappa shape index (κ3) is 5.28. The molecule has 0 bridgehead atoms. The van der Waals surface area contributed by atoms with Gasteiger partial charge < -0.3 is 10.1 Å². The lowest BCUT2D eigenvalue weighted by atomic mass is 10.1. The van der Waals surface area contributed by atoms with Crippen LogP contribution in [-0.2, 0) is 10.9 Å². The summed E-state index contributed by atoms with van der Waals surface area (Å²) in [5, 5.41) is 3.15. The quantitative estimate of drug-likeness (QED) is 0.614. The summed E-state index contributed by atoms with van der Waals surface area (Å²) in [5.74, 6) is -2.11. The van der Waals surface area contributed by atoms with E-state index in [0.29, 0.717) is 23.9 Å². The van der Waals surface area contributed by atoms with Gasteiger partial charge >= 0.3 is 6.18 Å². The molecule has 0 spiro atoms. The number of benzene rings is 1. The van der Waals surface area contributed by atoms with E-state index in [-0.39, 0.29) is 18.2 Å². The highest BCUT2D eigenvalue weighted by Crippen LogP contribution is 2.31. The van der Waals surface area contributed by atoms with Crippen molar-refractivity contribution in [3.63, 3.8) is 0 Å². The van der Waals surface area contributed by atoms with Crippen molar-refractivity contribution in [3.8, 4) is 0 Å². The van der Waals surface area contributed by atoms with Crippen LogP contribution in [-0.4, -0.2) is 31.0 Å². The zero-order chi connectivity index (χ0) is 16.0. The zero-order valence-electron chi connectivity index (χ0n) is 11.1. The normalized spacial score (nSPS) is 13.0. The number of carbonyl (C=O) groups is 1. The second-order valence-corrected chi connectivity index (χ2v) is 5.09. The van der Waals surface area contributed by atoms with E-state index in [2.05, 4.69) is 21.2 Å². The van der Waals surface area contributed by atoms with Crippen molar-refractivity contribution in [2.24, 2.45) is 0 Å². The lowest BCUT2D eigenvalue weighted by molar-refractivity contribution is -0.140. The van der Waals surface area contributed by atoms with Crippen LogP contribution in [0.15, 0.2) is 18.2 Å². The van der Waals surface area contributed by atoms with Gasteiger partial charge in [0.1, 0.15) is 5.82 Å². The summed E-state index contributed by atoms with van der Waals surface area (Å²) in [6.45, 7) is 0.227. The first-order chi connectivity index (χ1) is 9.79. The Morgan fingerprint density at radius 1 is 1.43 bits per heavy atom. The Hall–Kier alpha value is -1.15. The van der Waals surface area contributed by atoms with Gasteiger partial charge in [-0.3, -0.25) is 4.79 Å². The Balaban J connectivity index is 2.92. The SMILES string of the molecule is COCC(CCBr)NC(=O)c1ccc(F)c(C(F)(F)F)c1. The predicted molar refractivity (Wildman–Crippen MR) is 72.9 cm³/mol. The topological polar surface area (TPSA) is 38.3 Å². The van der Waals surface area contributed by atoms with Crippen LogP contribution in [0.3, 0.4) is 0 Å². The van der Waals surface area contributed by atoms with Crippen molar-refractivity contribution in [3.05, 3.63) is 35.1 Å². The maximum absolute atomic E-state index is 13.2. The summed E-state index contributed by atoms with van der Waals surface area (Å²) in [5.41, 5.74) is -1.71. The highest BCUT2D eigenvalue weighted by molar-refractivity contribution is 9.09. The van der Waals surface area contributed by atoms with Crippen molar-refractivity contribution < 1.29 is 27.1 Å². The maximum Gasteiger partial charge on any atom is 0.419 e. The molecule has 0 aliphatic heterocycles. The third-order valence-corrected chi connectivity index (χ3v) is 3.15. The molecular weight excluding hydrogens is 358 g/mol. The summed E-state index contributed by atoms with van der Waals surface area (Å²) in [7, 11) is 1.45. The van der Waals surface area contributed by atoms with Gasteiger partial charge in [-0.2, -0.15) is 13.2 Å². The highest BCUT2D eigenvalue weighted by Gasteiger charge is 2.34. The lowest BCUT2D eigenvalue weighted by Crippen LogP contribution is -2.38. The van der Waals surface area contributed by atoms with E-state index in [1.54, 1.807) is 0 Å². The van der Waals surface area contributed by atoms with Crippen LogP contribution < -0.4 is 5.32 Å². The Morgan fingerprint density at radius 2 is 2.10 bits per heavy atom. The molecule has 0 saturated heterocycles. The Kier molecular flexibility index (Phi) is 6.60. The van der Waals surface area contributed by atoms with E-state index < -0.39 is 23.5 Å². The first-order valence-corrected chi connectivity index (χ1v) is 7.14. The number of amides is 1. The summed E-state index contributed by atoms with van der Waals surface area (Å²) >= 11 is 3.21. The molecule has 0 fully saturated rings. The van der Waals surface area contributed by atoms with Crippen molar-refractivity contribution in [1.29, 1.82) is 0 Å². The molecular formula is C13H14BrF4NO2. The molecule has 0 saturated carbocycles. The van der Waals surface area contributed by atoms with Crippen LogP contribution in [0.4, 0.5) is 17.6 Å². The fourth-order valence-electron chi connectivity index (χ4n) is 1.68. The largest absolute Gasteiger partial charge is 0.419 e.